The minimum absolute atomic E-state index is 0.00940. The van der Waals surface area contributed by atoms with Crippen LogP contribution < -0.4 is 5.73 Å². The topological polar surface area (TPSA) is 83.6 Å². The number of aldehydes is 1. The quantitative estimate of drug-likeness (QED) is 0.662. The molecule has 3 unspecified atom stereocenters. The molecule has 1 amide bonds. The van der Waals surface area contributed by atoms with E-state index in [0.717, 1.165) is 25.5 Å². The molecule has 0 aromatic heterocycles. The molecule has 2 heterocycles. The fraction of sp³-hybridized carbons (Fsp3) is 0.800. The Labute approximate surface area is 88.2 Å². The first kappa shape index (κ1) is 10.4. The van der Waals surface area contributed by atoms with Crippen LogP contribution in [-0.4, -0.2) is 34.1 Å². The summed E-state index contributed by atoms with van der Waals surface area (Å²) in [6.07, 6.45) is 3.48. The van der Waals surface area contributed by atoms with Gasteiger partial charge in [-0.05, 0) is 25.7 Å². The van der Waals surface area contributed by atoms with Crippen LogP contribution >= 0.6 is 0 Å². The van der Waals surface area contributed by atoms with Crippen LogP contribution in [0, 0.1) is 5.92 Å². The zero-order chi connectivity index (χ0) is 11.1. The highest BCUT2D eigenvalue weighted by Crippen LogP contribution is 2.45. The number of amides is 1. The average molecular weight is 212 g/mol. The lowest BCUT2D eigenvalue weighted by molar-refractivity contribution is -0.110. The van der Waals surface area contributed by atoms with Gasteiger partial charge in [-0.1, -0.05) is 0 Å². The molecular formula is C10H16N2O3. The molecule has 5 nitrogen and oxygen atoms in total. The Kier molecular flexibility index (Phi) is 2.42. The Morgan fingerprint density at radius 1 is 1.53 bits per heavy atom. The molecule has 5 heteroatoms. The van der Waals surface area contributed by atoms with E-state index in [-0.39, 0.29) is 12.0 Å². The summed E-state index contributed by atoms with van der Waals surface area (Å²) in [5, 5.41) is 9.13. The first-order valence-corrected chi connectivity index (χ1v) is 5.34. The molecule has 3 atom stereocenters. The van der Waals surface area contributed by atoms with Crippen LogP contribution in [0.25, 0.3) is 0 Å². The van der Waals surface area contributed by atoms with Crippen LogP contribution in [0.1, 0.15) is 32.1 Å². The van der Waals surface area contributed by atoms with E-state index in [4.69, 9.17) is 10.8 Å². The van der Waals surface area contributed by atoms with E-state index in [1.807, 2.05) is 0 Å². The zero-order valence-electron chi connectivity index (χ0n) is 8.56. The van der Waals surface area contributed by atoms with Crippen molar-refractivity contribution in [3.05, 3.63) is 0 Å². The maximum atomic E-state index is 11.1. The monoisotopic (exact) mass is 212 g/mol. The lowest BCUT2D eigenvalue weighted by Gasteiger charge is -2.45. The van der Waals surface area contributed by atoms with E-state index >= 15 is 0 Å². The number of carbonyl (C=O) groups is 2. The number of carboxylic acid groups (broad SMARTS) is 1. The van der Waals surface area contributed by atoms with Crippen molar-refractivity contribution in [2.24, 2.45) is 11.7 Å². The van der Waals surface area contributed by atoms with Crippen molar-refractivity contribution in [3.8, 4) is 0 Å². The summed E-state index contributed by atoms with van der Waals surface area (Å²) in [5.41, 5.74) is 5.37. The molecule has 2 bridgehead atoms. The first-order valence-electron chi connectivity index (χ1n) is 5.34. The Balaban J connectivity index is 2.26. The molecule has 0 spiro atoms. The van der Waals surface area contributed by atoms with Crippen LogP contribution in [0.5, 0.6) is 0 Å². The maximum Gasteiger partial charge on any atom is 0.409 e. The lowest BCUT2D eigenvalue weighted by Crippen LogP contribution is -2.63. The number of nitrogens with two attached hydrogens (primary N) is 1. The van der Waals surface area contributed by atoms with Gasteiger partial charge in [-0.15, -0.1) is 0 Å². The summed E-state index contributed by atoms with van der Waals surface area (Å²) >= 11 is 0. The Bertz CT molecular complexity index is 294. The Morgan fingerprint density at radius 3 is 2.87 bits per heavy atom. The second-order valence-corrected chi connectivity index (χ2v) is 4.51. The largest absolute Gasteiger partial charge is 0.465 e. The molecule has 0 aliphatic carbocycles. The minimum atomic E-state index is -0.949. The van der Waals surface area contributed by atoms with E-state index in [9.17, 15) is 9.59 Å². The van der Waals surface area contributed by atoms with Gasteiger partial charge in [0, 0.05) is 18.4 Å². The Morgan fingerprint density at radius 2 is 2.27 bits per heavy atom. The van der Waals surface area contributed by atoms with Crippen molar-refractivity contribution < 1.29 is 14.7 Å². The van der Waals surface area contributed by atoms with Crippen LogP contribution in [-0.2, 0) is 4.79 Å². The van der Waals surface area contributed by atoms with Gasteiger partial charge in [-0.2, -0.15) is 0 Å². The maximum absolute atomic E-state index is 11.1. The van der Waals surface area contributed by atoms with Crippen molar-refractivity contribution in [1.82, 2.24) is 4.90 Å². The standard InChI is InChI=1S/C10H16N2O3/c11-10-5-3-8(12(10)9(14)15)2-1-7(10)4-6-13/h6-8H,1-5,11H2,(H,14,15). The van der Waals surface area contributed by atoms with Gasteiger partial charge < -0.3 is 15.6 Å². The Hall–Kier alpha value is -1.10. The number of carbonyl (C=O) groups excluding carboxylic acids is 1. The molecule has 2 fully saturated rings. The molecule has 2 aliphatic rings. The molecule has 0 radical (unpaired) electrons. The third kappa shape index (κ3) is 1.42. The summed E-state index contributed by atoms with van der Waals surface area (Å²) in [6.45, 7) is 0. The van der Waals surface area contributed by atoms with Gasteiger partial charge in [0.25, 0.3) is 0 Å². The van der Waals surface area contributed by atoms with Crippen molar-refractivity contribution in [3.63, 3.8) is 0 Å². The van der Waals surface area contributed by atoms with Gasteiger partial charge in [0.05, 0.1) is 5.66 Å². The summed E-state index contributed by atoms with van der Waals surface area (Å²) in [5.74, 6) is -0.00940. The summed E-state index contributed by atoms with van der Waals surface area (Å²) in [6, 6.07) is 0.0652. The SMILES string of the molecule is NC12CCC(CCC1CC=O)N2C(=O)O. The number of fused-ring (bicyclic) bond motifs is 2. The third-order valence-electron chi connectivity index (χ3n) is 3.83. The predicted octanol–water partition coefficient (Wildman–Crippen LogP) is 0.783. The summed E-state index contributed by atoms with van der Waals surface area (Å²) in [4.78, 5) is 23.1. The van der Waals surface area contributed by atoms with Gasteiger partial charge in [-0.3, -0.25) is 4.90 Å². The second kappa shape index (κ2) is 3.48. The molecule has 3 N–H and O–H groups in total. The number of piperidine rings is 1. The molecule has 84 valence electrons. The number of hydrogen-bond acceptors (Lipinski definition) is 3. The van der Waals surface area contributed by atoms with Crippen LogP contribution in [0.2, 0.25) is 0 Å². The van der Waals surface area contributed by atoms with E-state index in [2.05, 4.69) is 0 Å². The van der Waals surface area contributed by atoms with Crippen molar-refractivity contribution >= 4 is 12.4 Å². The number of hydrogen-bond donors (Lipinski definition) is 2. The van der Waals surface area contributed by atoms with Gasteiger partial charge in [0.15, 0.2) is 0 Å². The number of rotatable bonds is 2. The molecule has 15 heavy (non-hydrogen) atoms. The normalized spacial score (nSPS) is 39.1. The predicted molar refractivity (Wildman–Crippen MR) is 53.2 cm³/mol. The van der Waals surface area contributed by atoms with Gasteiger partial charge in [-0.25, -0.2) is 4.79 Å². The molecule has 2 rings (SSSR count). The van der Waals surface area contributed by atoms with Crippen molar-refractivity contribution in [1.29, 1.82) is 0 Å². The van der Waals surface area contributed by atoms with Crippen LogP contribution in [0.3, 0.4) is 0 Å². The van der Waals surface area contributed by atoms with E-state index in [1.165, 1.54) is 4.90 Å². The molecule has 2 aliphatic heterocycles. The molecular weight excluding hydrogens is 196 g/mol. The minimum Gasteiger partial charge on any atom is -0.465 e. The van der Waals surface area contributed by atoms with Crippen LogP contribution in [0.15, 0.2) is 0 Å². The number of nitrogens with zero attached hydrogens (tertiary/aromatic N) is 1. The highest BCUT2D eigenvalue weighted by atomic mass is 16.4. The average Bonchev–Trinajstić information content (AvgIpc) is 2.43. The van der Waals surface area contributed by atoms with Crippen molar-refractivity contribution in [2.75, 3.05) is 0 Å². The fourth-order valence-electron chi connectivity index (χ4n) is 3.08. The fourth-order valence-corrected chi connectivity index (χ4v) is 3.08. The molecule has 2 saturated heterocycles. The highest BCUT2D eigenvalue weighted by molar-refractivity contribution is 5.67. The van der Waals surface area contributed by atoms with Gasteiger partial charge in [0.1, 0.15) is 6.29 Å². The van der Waals surface area contributed by atoms with Gasteiger partial charge >= 0.3 is 6.09 Å². The van der Waals surface area contributed by atoms with E-state index in [1.54, 1.807) is 0 Å². The third-order valence-corrected chi connectivity index (χ3v) is 3.83. The summed E-state index contributed by atoms with van der Waals surface area (Å²) < 4.78 is 0. The zero-order valence-corrected chi connectivity index (χ0v) is 8.56. The van der Waals surface area contributed by atoms with Crippen LogP contribution in [0.4, 0.5) is 4.79 Å². The van der Waals surface area contributed by atoms with Crippen molar-refractivity contribution in [2.45, 2.75) is 43.8 Å². The molecule has 0 aromatic carbocycles. The van der Waals surface area contributed by atoms with E-state index < -0.39 is 11.8 Å². The summed E-state index contributed by atoms with van der Waals surface area (Å²) in [7, 11) is 0. The molecule has 0 aromatic rings. The molecule has 0 saturated carbocycles. The second-order valence-electron chi connectivity index (χ2n) is 4.51. The highest BCUT2D eigenvalue weighted by Gasteiger charge is 2.53. The van der Waals surface area contributed by atoms with Gasteiger partial charge in [0.2, 0.25) is 0 Å². The lowest BCUT2D eigenvalue weighted by atomic mass is 9.83. The van der Waals surface area contributed by atoms with E-state index in [0.29, 0.717) is 12.8 Å². The smallest absolute Gasteiger partial charge is 0.409 e. The first-order chi connectivity index (χ1) is 7.09.